The van der Waals surface area contributed by atoms with Gasteiger partial charge >= 0.3 is 0 Å². The molecule has 1 aromatic carbocycles. The number of aromatic nitrogens is 2. The molecule has 6 heteroatoms. The summed E-state index contributed by atoms with van der Waals surface area (Å²) in [4.78, 5) is 30.9. The maximum atomic E-state index is 12.3. The number of hydrogen-bond acceptors (Lipinski definition) is 4. The van der Waals surface area contributed by atoms with E-state index in [4.69, 9.17) is 4.74 Å². The van der Waals surface area contributed by atoms with Crippen molar-refractivity contribution in [3.8, 4) is 5.75 Å². The normalized spacial score (nSPS) is 10.4. The van der Waals surface area contributed by atoms with Crippen molar-refractivity contribution in [1.29, 1.82) is 0 Å². The first kappa shape index (κ1) is 13.8. The lowest BCUT2D eigenvalue weighted by Gasteiger charge is -2.06. The highest BCUT2D eigenvalue weighted by Crippen LogP contribution is 2.16. The molecular formula is C16H13N3O3. The third-order valence-corrected chi connectivity index (χ3v) is 3.21. The molecule has 0 fully saturated rings. The number of nitrogens with one attached hydrogen (secondary N) is 2. The number of amides is 1. The molecule has 0 bridgehead atoms. The minimum absolute atomic E-state index is 0.0383. The van der Waals surface area contributed by atoms with Crippen LogP contribution < -0.4 is 15.6 Å². The smallest absolute Gasteiger partial charge is 0.262 e. The molecular weight excluding hydrogens is 282 g/mol. The lowest BCUT2D eigenvalue weighted by Crippen LogP contribution is -2.23. The van der Waals surface area contributed by atoms with Crippen LogP contribution in [0.15, 0.2) is 53.5 Å². The van der Waals surface area contributed by atoms with Gasteiger partial charge in [-0.05, 0) is 42.5 Å². The van der Waals surface area contributed by atoms with Gasteiger partial charge in [0.2, 0.25) is 0 Å². The minimum atomic E-state index is -0.475. The number of H-pyrrole nitrogens is 1. The van der Waals surface area contributed by atoms with Gasteiger partial charge in [-0.3, -0.25) is 9.59 Å². The molecule has 0 unspecified atom stereocenters. The van der Waals surface area contributed by atoms with Crippen LogP contribution in [0, 0.1) is 0 Å². The van der Waals surface area contributed by atoms with E-state index in [2.05, 4.69) is 15.3 Å². The SMILES string of the molecule is COc1ccc(NC(=O)c2cc3cccnc3[nH]c2=O)cc1. The number of benzene rings is 1. The Hall–Kier alpha value is -3.15. The Balaban J connectivity index is 1.91. The van der Waals surface area contributed by atoms with Crippen molar-refractivity contribution in [1.82, 2.24) is 9.97 Å². The highest BCUT2D eigenvalue weighted by molar-refractivity contribution is 6.05. The molecule has 6 nitrogen and oxygen atoms in total. The molecule has 2 N–H and O–H groups in total. The number of nitrogens with zero attached hydrogens (tertiary/aromatic N) is 1. The van der Waals surface area contributed by atoms with Crippen LogP contribution in [-0.2, 0) is 0 Å². The molecule has 2 aromatic heterocycles. The Morgan fingerprint density at radius 2 is 2.00 bits per heavy atom. The van der Waals surface area contributed by atoms with Crippen LogP contribution in [0.1, 0.15) is 10.4 Å². The van der Waals surface area contributed by atoms with E-state index < -0.39 is 11.5 Å². The summed E-state index contributed by atoms with van der Waals surface area (Å²) in [6, 6.07) is 11.9. The van der Waals surface area contributed by atoms with E-state index in [0.717, 1.165) is 0 Å². The van der Waals surface area contributed by atoms with Crippen LogP contribution in [-0.4, -0.2) is 23.0 Å². The summed E-state index contributed by atoms with van der Waals surface area (Å²) in [5, 5.41) is 3.38. The van der Waals surface area contributed by atoms with Gasteiger partial charge in [0.05, 0.1) is 7.11 Å². The maximum absolute atomic E-state index is 12.3. The fourth-order valence-electron chi connectivity index (χ4n) is 2.08. The van der Waals surface area contributed by atoms with Gasteiger partial charge in [-0.25, -0.2) is 4.98 Å². The fourth-order valence-corrected chi connectivity index (χ4v) is 2.08. The number of methoxy groups -OCH3 is 1. The van der Waals surface area contributed by atoms with Crippen molar-refractivity contribution in [2.75, 3.05) is 12.4 Å². The molecule has 0 saturated carbocycles. The largest absolute Gasteiger partial charge is 0.497 e. The van der Waals surface area contributed by atoms with E-state index in [1.165, 1.54) is 6.07 Å². The summed E-state index contributed by atoms with van der Waals surface area (Å²) in [6.07, 6.45) is 1.58. The first-order chi connectivity index (χ1) is 10.7. The summed E-state index contributed by atoms with van der Waals surface area (Å²) < 4.78 is 5.05. The Labute approximate surface area is 125 Å². The Bertz CT molecular complexity index is 885. The zero-order chi connectivity index (χ0) is 15.5. The van der Waals surface area contributed by atoms with Crippen molar-refractivity contribution >= 4 is 22.6 Å². The monoisotopic (exact) mass is 295 g/mol. The second-order valence-electron chi connectivity index (χ2n) is 4.64. The van der Waals surface area contributed by atoms with Gasteiger partial charge < -0.3 is 15.0 Å². The van der Waals surface area contributed by atoms with Gasteiger partial charge in [-0.2, -0.15) is 0 Å². The zero-order valence-electron chi connectivity index (χ0n) is 11.8. The van der Waals surface area contributed by atoms with Crippen LogP contribution in [0.3, 0.4) is 0 Å². The lowest BCUT2D eigenvalue weighted by atomic mass is 10.2. The number of carbonyl (C=O) groups is 1. The van der Waals surface area contributed by atoms with Gasteiger partial charge in [-0.15, -0.1) is 0 Å². The third kappa shape index (κ3) is 2.67. The molecule has 1 amide bonds. The number of carbonyl (C=O) groups excluding carboxylic acids is 1. The number of ether oxygens (including phenoxy) is 1. The molecule has 0 aliphatic carbocycles. The highest BCUT2D eigenvalue weighted by Gasteiger charge is 2.12. The van der Waals surface area contributed by atoms with Crippen LogP contribution in [0.25, 0.3) is 11.0 Å². The van der Waals surface area contributed by atoms with E-state index in [0.29, 0.717) is 22.5 Å². The number of aromatic amines is 1. The van der Waals surface area contributed by atoms with Gasteiger partial charge in [-0.1, -0.05) is 0 Å². The number of fused-ring (bicyclic) bond motifs is 1. The van der Waals surface area contributed by atoms with Crippen LogP contribution >= 0.6 is 0 Å². The number of hydrogen-bond donors (Lipinski definition) is 2. The highest BCUT2D eigenvalue weighted by atomic mass is 16.5. The number of anilines is 1. The number of pyridine rings is 2. The predicted molar refractivity (Wildman–Crippen MR) is 83.3 cm³/mol. The molecule has 0 spiro atoms. The summed E-state index contributed by atoms with van der Waals surface area (Å²) >= 11 is 0. The molecule has 0 radical (unpaired) electrons. The van der Waals surface area contributed by atoms with Crippen molar-refractivity contribution in [3.63, 3.8) is 0 Å². The quantitative estimate of drug-likeness (QED) is 0.775. The summed E-state index contributed by atoms with van der Waals surface area (Å²) in [5.41, 5.74) is 0.596. The Morgan fingerprint density at radius 1 is 1.23 bits per heavy atom. The van der Waals surface area contributed by atoms with E-state index >= 15 is 0 Å². The van der Waals surface area contributed by atoms with E-state index in [-0.39, 0.29) is 5.56 Å². The second kappa shape index (κ2) is 5.69. The standard InChI is InChI=1S/C16H13N3O3/c1-22-12-6-4-11(5-7-12)18-15(20)13-9-10-3-2-8-17-14(10)19-16(13)21/h2-9H,1H3,(H,18,20)(H,17,19,21). The van der Waals surface area contributed by atoms with Gasteiger partial charge in [0.1, 0.15) is 17.0 Å². The molecule has 0 aliphatic heterocycles. The van der Waals surface area contributed by atoms with Crippen LogP contribution in [0.4, 0.5) is 5.69 Å². The zero-order valence-corrected chi connectivity index (χ0v) is 11.8. The molecule has 2 heterocycles. The summed E-state index contributed by atoms with van der Waals surface area (Å²) in [6.45, 7) is 0. The topological polar surface area (TPSA) is 84.1 Å². The van der Waals surface area contributed by atoms with Crippen LogP contribution in [0.2, 0.25) is 0 Å². The van der Waals surface area contributed by atoms with Gasteiger partial charge in [0.15, 0.2) is 0 Å². The second-order valence-corrected chi connectivity index (χ2v) is 4.64. The molecule has 0 saturated heterocycles. The minimum Gasteiger partial charge on any atom is -0.497 e. The van der Waals surface area contributed by atoms with Crippen molar-refractivity contribution in [2.45, 2.75) is 0 Å². The van der Waals surface area contributed by atoms with E-state index in [1.54, 1.807) is 49.7 Å². The lowest BCUT2D eigenvalue weighted by molar-refractivity contribution is 0.102. The van der Waals surface area contributed by atoms with Crippen LogP contribution in [0.5, 0.6) is 5.75 Å². The molecule has 22 heavy (non-hydrogen) atoms. The third-order valence-electron chi connectivity index (χ3n) is 3.21. The first-order valence-electron chi connectivity index (χ1n) is 6.61. The predicted octanol–water partition coefficient (Wildman–Crippen LogP) is 2.18. The fraction of sp³-hybridized carbons (Fsp3) is 0.0625. The van der Waals surface area contributed by atoms with E-state index in [9.17, 15) is 9.59 Å². The molecule has 0 aliphatic rings. The average Bonchev–Trinajstić information content (AvgIpc) is 2.54. The first-order valence-corrected chi connectivity index (χ1v) is 6.61. The molecule has 0 atom stereocenters. The Kier molecular flexibility index (Phi) is 3.57. The molecule has 110 valence electrons. The van der Waals surface area contributed by atoms with E-state index in [1.807, 2.05) is 0 Å². The average molecular weight is 295 g/mol. The Morgan fingerprint density at radius 3 is 2.73 bits per heavy atom. The summed E-state index contributed by atoms with van der Waals surface area (Å²) in [7, 11) is 1.57. The molecule has 3 rings (SSSR count). The van der Waals surface area contributed by atoms with Gasteiger partial charge in [0, 0.05) is 17.3 Å². The van der Waals surface area contributed by atoms with Crippen molar-refractivity contribution in [3.05, 3.63) is 64.6 Å². The van der Waals surface area contributed by atoms with Gasteiger partial charge in [0.25, 0.3) is 11.5 Å². The number of rotatable bonds is 3. The van der Waals surface area contributed by atoms with Crippen molar-refractivity contribution in [2.24, 2.45) is 0 Å². The molecule has 3 aromatic rings. The van der Waals surface area contributed by atoms with Crippen molar-refractivity contribution < 1.29 is 9.53 Å². The summed E-state index contributed by atoms with van der Waals surface area (Å²) in [5.74, 6) is 0.213. The maximum Gasteiger partial charge on any atom is 0.262 e.